The molecule has 2 amide bonds. The molecule has 0 aliphatic heterocycles. The summed E-state index contributed by atoms with van der Waals surface area (Å²) in [6.45, 7) is 0.426. The topological polar surface area (TPSA) is 117 Å². The number of amides is 2. The van der Waals surface area contributed by atoms with Crippen LogP contribution in [0.25, 0.3) is 0 Å². The summed E-state index contributed by atoms with van der Waals surface area (Å²) in [5.74, 6) is -1.99. The first-order valence-corrected chi connectivity index (χ1v) is 4.66. The highest BCUT2D eigenvalue weighted by Gasteiger charge is 2.12. The maximum absolute atomic E-state index is 12.8. The van der Waals surface area contributed by atoms with Gasteiger partial charge in [0.25, 0.3) is 0 Å². The Morgan fingerprint density at radius 1 is 1.47 bits per heavy atom. The van der Waals surface area contributed by atoms with Crippen LogP contribution >= 0.6 is 0 Å². The summed E-state index contributed by atoms with van der Waals surface area (Å²) < 4.78 is 12.8. The fourth-order valence-electron chi connectivity index (χ4n) is 1.11. The Labute approximate surface area is 95.8 Å². The zero-order chi connectivity index (χ0) is 12.8. The van der Waals surface area contributed by atoms with E-state index in [2.05, 4.69) is 15.6 Å². The number of hydrogen-bond donors (Lipinski definition) is 4. The summed E-state index contributed by atoms with van der Waals surface area (Å²) in [6, 6.07) is 0.177. The average molecular weight is 242 g/mol. The lowest BCUT2D eigenvalue weighted by Gasteiger charge is -2.08. The van der Waals surface area contributed by atoms with Crippen molar-refractivity contribution < 1.29 is 19.1 Å². The third kappa shape index (κ3) is 3.93. The van der Waals surface area contributed by atoms with Gasteiger partial charge in [-0.15, -0.1) is 0 Å². The average Bonchev–Trinajstić information content (AvgIpc) is 2.25. The number of carboxylic acid groups (broad SMARTS) is 1. The van der Waals surface area contributed by atoms with Gasteiger partial charge in [-0.25, -0.2) is 19.0 Å². The first-order valence-electron chi connectivity index (χ1n) is 4.66. The van der Waals surface area contributed by atoms with E-state index in [9.17, 15) is 14.0 Å². The minimum atomic E-state index is -1.29. The summed E-state index contributed by atoms with van der Waals surface area (Å²) in [5, 5.41) is 13.7. The Hall–Kier alpha value is -2.38. The number of nitrogens with two attached hydrogens (primary N) is 1. The van der Waals surface area contributed by atoms with Gasteiger partial charge >= 0.3 is 12.0 Å². The van der Waals surface area contributed by atoms with Crippen molar-refractivity contribution in [3.63, 3.8) is 0 Å². The molecule has 0 unspecified atom stereocenters. The van der Waals surface area contributed by atoms with Crippen molar-refractivity contribution in [1.29, 1.82) is 0 Å². The predicted molar refractivity (Wildman–Crippen MR) is 57.2 cm³/mol. The number of carbonyl (C=O) groups excluding carboxylic acids is 1. The number of pyridine rings is 1. The van der Waals surface area contributed by atoms with E-state index in [1.54, 1.807) is 0 Å². The Kier molecular flexibility index (Phi) is 4.21. The summed E-state index contributed by atoms with van der Waals surface area (Å²) in [7, 11) is 0. The molecule has 1 aromatic heterocycles. The third-order valence-corrected chi connectivity index (χ3v) is 1.80. The van der Waals surface area contributed by atoms with Gasteiger partial charge in [0.05, 0.1) is 6.20 Å². The van der Waals surface area contributed by atoms with Crippen LogP contribution in [0.5, 0.6) is 0 Å². The Morgan fingerprint density at radius 2 is 2.18 bits per heavy atom. The van der Waals surface area contributed by atoms with Crippen LogP contribution in [0.15, 0.2) is 12.3 Å². The van der Waals surface area contributed by atoms with Crippen molar-refractivity contribution in [3.8, 4) is 0 Å². The smallest absolute Gasteiger partial charge is 0.339 e. The molecular weight excluding hydrogens is 231 g/mol. The third-order valence-electron chi connectivity index (χ3n) is 1.80. The highest BCUT2D eigenvalue weighted by molar-refractivity contribution is 5.93. The molecular formula is C9H11FN4O3. The second kappa shape index (κ2) is 5.64. The molecule has 1 rings (SSSR count). The quantitative estimate of drug-likeness (QED) is 0.542. The van der Waals surface area contributed by atoms with Gasteiger partial charge in [0.1, 0.15) is 17.2 Å². The Morgan fingerprint density at radius 3 is 2.76 bits per heavy atom. The number of urea groups is 1. The summed E-state index contributed by atoms with van der Waals surface area (Å²) in [6.07, 6.45) is 0.899. The number of anilines is 1. The molecule has 0 fully saturated rings. The van der Waals surface area contributed by atoms with E-state index >= 15 is 0 Å². The van der Waals surface area contributed by atoms with E-state index in [-0.39, 0.29) is 24.5 Å². The van der Waals surface area contributed by atoms with Gasteiger partial charge in [-0.3, -0.25) is 0 Å². The van der Waals surface area contributed by atoms with Crippen LogP contribution in [0, 0.1) is 5.82 Å². The molecule has 92 valence electrons. The van der Waals surface area contributed by atoms with E-state index in [1.807, 2.05) is 0 Å². The molecule has 0 aliphatic carbocycles. The SMILES string of the molecule is NC(=O)NCCNc1ncc(F)cc1C(=O)O. The second-order valence-corrected chi connectivity index (χ2v) is 3.07. The molecule has 0 aliphatic rings. The molecule has 5 N–H and O–H groups in total. The van der Waals surface area contributed by atoms with Gasteiger partial charge < -0.3 is 21.5 Å². The normalized spacial score (nSPS) is 9.71. The molecule has 17 heavy (non-hydrogen) atoms. The van der Waals surface area contributed by atoms with Crippen molar-refractivity contribution >= 4 is 17.8 Å². The number of primary amides is 1. The Bertz CT molecular complexity index is 438. The Balaban J connectivity index is 2.64. The van der Waals surface area contributed by atoms with Gasteiger partial charge in [-0.1, -0.05) is 0 Å². The number of rotatable bonds is 5. The molecule has 0 atom stereocenters. The van der Waals surface area contributed by atoms with Crippen molar-refractivity contribution in [2.45, 2.75) is 0 Å². The van der Waals surface area contributed by atoms with Crippen molar-refractivity contribution in [2.24, 2.45) is 5.73 Å². The van der Waals surface area contributed by atoms with Gasteiger partial charge in [-0.05, 0) is 6.07 Å². The van der Waals surface area contributed by atoms with Crippen LogP contribution in [-0.2, 0) is 0 Å². The van der Waals surface area contributed by atoms with Crippen LogP contribution in [-0.4, -0.2) is 35.2 Å². The molecule has 8 heteroatoms. The molecule has 1 heterocycles. The number of carbonyl (C=O) groups is 2. The zero-order valence-electron chi connectivity index (χ0n) is 8.74. The number of nitrogens with zero attached hydrogens (tertiary/aromatic N) is 1. The van der Waals surface area contributed by atoms with Crippen molar-refractivity contribution in [2.75, 3.05) is 18.4 Å². The molecule has 0 aromatic carbocycles. The van der Waals surface area contributed by atoms with Crippen LogP contribution in [0.2, 0.25) is 0 Å². The number of halogens is 1. The van der Waals surface area contributed by atoms with Crippen LogP contribution in [0.4, 0.5) is 15.0 Å². The fourth-order valence-corrected chi connectivity index (χ4v) is 1.11. The first kappa shape index (κ1) is 12.7. The largest absolute Gasteiger partial charge is 0.478 e. The summed E-state index contributed by atoms with van der Waals surface area (Å²) in [5.41, 5.74) is 4.56. The molecule has 7 nitrogen and oxygen atoms in total. The minimum Gasteiger partial charge on any atom is -0.478 e. The molecule has 0 spiro atoms. The number of hydrogen-bond acceptors (Lipinski definition) is 4. The number of carboxylic acids is 1. The fraction of sp³-hybridized carbons (Fsp3) is 0.222. The van der Waals surface area contributed by atoms with Crippen molar-refractivity contribution in [1.82, 2.24) is 10.3 Å². The van der Waals surface area contributed by atoms with Gasteiger partial charge in [0, 0.05) is 13.1 Å². The number of nitrogens with one attached hydrogen (secondary N) is 2. The molecule has 0 saturated heterocycles. The number of aromatic nitrogens is 1. The van der Waals surface area contributed by atoms with Crippen LogP contribution < -0.4 is 16.4 Å². The van der Waals surface area contributed by atoms with E-state index in [1.165, 1.54) is 0 Å². The summed E-state index contributed by atoms with van der Waals surface area (Å²) in [4.78, 5) is 24.7. The zero-order valence-corrected chi connectivity index (χ0v) is 8.74. The lowest BCUT2D eigenvalue weighted by atomic mass is 10.2. The summed E-state index contributed by atoms with van der Waals surface area (Å²) >= 11 is 0. The minimum absolute atomic E-state index is 0.0326. The predicted octanol–water partition coefficient (Wildman–Crippen LogP) is -0.000900. The lowest BCUT2D eigenvalue weighted by Crippen LogP contribution is -2.33. The van der Waals surface area contributed by atoms with Crippen LogP contribution in [0.1, 0.15) is 10.4 Å². The van der Waals surface area contributed by atoms with E-state index in [0.717, 1.165) is 12.3 Å². The lowest BCUT2D eigenvalue weighted by molar-refractivity contribution is 0.0697. The maximum atomic E-state index is 12.8. The van der Waals surface area contributed by atoms with Gasteiger partial charge in [0.15, 0.2) is 0 Å². The maximum Gasteiger partial charge on any atom is 0.339 e. The van der Waals surface area contributed by atoms with Gasteiger partial charge in [0.2, 0.25) is 0 Å². The van der Waals surface area contributed by atoms with Crippen LogP contribution in [0.3, 0.4) is 0 Å². The van der Waals surface area contributed by atoms with Crippen molar-refractivity contribution in [3.05, 3.63) is 23.6 Å². The first-order chi connectivity index (χ1) is 8.00. The van der Waals surface area contributed by atoms with E-state index in [4.69, 9.17) is 10.8 Å². The second-order valence-electron chi connectivity index (χ2n) is 3.07. The highest BCUT2D eigenvalue weighted by Crippen LogP contribution is 2.12. The molecule has 0 bridgehead atoms. The molecule has 0 radical (unpaired) electrons. The molecule has 0 saturated carbocycles. The molecule has 1 aromatic rings. The van der Waals surface area contributed by atoms with E-state index in [0.29, 0.717) is 0 Å². The monoisotopic (exact) mass is 242 g/mol. The van der Waals surface area contributed by atoms with Gasteiger partial charge in [-0.2, -0.15) is 0 Å². The highest BCUT2D eigenvalue weighted by atomic mass is 19.1. The van der Waals surface area contributed by atoms with E-state index < -0.39 is 17.8 Å². The number of aromatic carboxylic acids is 1. The standard InChI is InChI=1S/C9H11FN4O3/c10-5-3-6(8(15)16)7(14-4-5)12-1-2-13-9(11)17/h3-4H,1-2H2,(H,12,14)(H,15,16)(H3,11,13,17).